The van der Waals surface area contributed by atoms with Crippen molar-refractivity contribution < 1.29 is 4.79 Å². The summed E-state index contributed by atoms with van der Waals surface area (Å²) in [6.07, 6.45) is 0.953. The molecule has 21 heavy (non-hydrogen) atoms. The highest BCUT2D eigenvalue weighted by Gasteiger charge is 2.24. The summed E-state index contributed by atoms with van der Waals surface area (Å²) in [6.45, 7) is 6.26. The molecule has 2 unspecified atom stereocenters. The largest absolute Gasteiger partial charge is 0.327 e. The van der Waals surface area contributed by atoms with Crippen LogP contribution < -0.4 is 11.1 Å². The average molecular weight is 332 g/mol. The molecule has 1 aromatic rings. The lowest BCUT2D eigenvalue weighted by atomic mass is 9.95. The topological polar surface area (TPSA) is 58.4 Å². The smallest absolute Gasteiger partial charge is 0.238 e. The maximum Gasteiger partial charge on any atom is 0.238 e. The quantitative estimate of drug-likeness (QED) is 0.895. The number of hydrogen-bond acceptors (Lipinski definition) is 3. The summed E-state index contributed by atoms with van der Waals surface area (Å²) in [5, 5.41) is 3.62. The van der Waals surface area contributed by atoms with Crippen molar-refractivity contribution in [2.75, 3.05) is 25.0 Å². The second kappa shape index (κ2) is 7.99. The summed E-state index contributed by atoms with van der Waals surface area (Å²) in [7, 11) is 0. The van der Waals surface area contributed by atoms with E-state index in [9.17, 15) is 4.79 Å². The molecule has 0 aliphatic carbocycles. The Labute approximate surface area is 137 Å². The lowest BCUT2D eigenvalue weighted by Crippen LogP contribution is -2.48. The Hall–Kier alpha value is -0.810. The Morgan fingerprint density at radius 3 is 2.86 bits per heavy atom. The van der Waals surface area contributed by atoms with Crippen LogP contribution in [-0.4, -0.2) is 36.5 Å². The van der Waals surface area contributed by atoms with E-state index >= 15 is 0 Å². The number of nitrogens with zero attached hydrogens (tertiary/aromatic N) is 1. The lowest BCUT2D eigenvalue weighted by molar-refractivity contribution is -0.117. The Bertz CT molecular complexity index is 496. The molecule has 0 bridgehead atoms. The molecule has 2 rings (SSSR count). The minimum Gasteiger partial charge on any atom is -0.327 e. The third-order valence-electron chi connectivity index (χ3n) is 3.89. The Balaban J connectivity index is 0.00000220. The van der Waals surface area contributed by atoms with E-state index in [-0.39, 0.29) is 24.4 Å². The van der Waals surface area contributed by atoms with E-state index in [0.717, 1.165) is 30.8 Å². The fourth-order valence-electron chi connectivity index (χ4n) is 2.55. The third-order valence-corrected chi connectivity index (χ3v) is 4.12. The third kappa shape index (κ3) is 5.15. The number of aryl methyl sites for hydroxylation is 1. The van der Waals surface area contributed by atoms with Crippen LogP contribution in [0.5, 0.6) is 0 Å². The average Bonchev–Trinajstić information content (AvgIpc) is 2.37. The van der Waals surface area contributed by atoms with Crippen molar-refractivity contribution in [1.82, 2.24) is 4.90 Å². The van der Waals surface area contributed by atoms with Crippen LogP contribution >= 0.6 is 24.0 Å². The molecule has 1 aromatic carbocycles. The number of likely N-dealkylation sites (tertiary alicyclic amines) is 1. The van der Waals surface area contributed by atoms with E-state index in [1.165, 1.54) is 0 Å². The van der Waals surface area contributed by atoms with Crippen LogP contribution in [0.25, 0.3) is 0 Å². The molecule has 1 fully saturated rings. The van der Waals surface area contributed by atoms with Crippen molar-refractivity contribution >= 4 is 35.6 Å². The molecule has 118 valence electrons. The van der Waals surface area contributed by atoms with E-state index < -0.39 is 0 Å². The van der Waals surface area contributed by atoms with E-state index in [4.69, 9.17) is 17.3 Å². The van der Waals surface area contributed by atoms with Crippen LogP contribution in [0.1, 0.15) is 18.9 Å². The highest BCUT2D eigenvalue weighted by Crippen LogP contribution is 2.20. The van der Waals surface area contributed by atoms with Gasteiger partial charge in [0.15, 0.2) is 0 Å². The molecule has 1 aliphatic heterocycles. The second-order valence-electron chi connectivity index (χ2n) is 5.67. The van der Waals surface area contributed by atoms with Crippen molar-refractivity contribution in [3.05, 3.63) is 28.8 Å². The number of nitrogens with two attached hydrogens (primary N) is 1. The van der Waals surface area contributed by atoms with E-state index in [1.807, 2.05) is 19.1 Å². The molecule has 4 nitrogen and oxygen atoms in total. The monoisotopic (exact) mass is 331 g/mol. The minimum atomic E-state index is 0. The van der Waals surface area contributed by atoms with Gasteiger partial charge in [-0.1, -0.05) is 18.5 Å². The fraction of sp³-hybridized carbons (Fsp3) is 0.533. The van der Waals surface area contributed by atoms with E-state index in [2.05, 4.69) is 17.1 Å². The number of rotatable bonds is 3. The Morgan fingerprint density at radius 2 is 2.24 bits per heavy atom. The van der Waals surface area contributed by atoms with Crippen molar-refractivity contribution in [2.24, 2.45) is 11.7 Å². The minimum absolute atomic E-state index is 0. The van der Waals surface area contributed by atoms with Crippen LogP contribution in [0.4, 0.5) is 5.69 Å². The first-order valence-electron chi connectivity index (χ1n) is 6.99. The van der Waals surface area contributed by atoms with Crippen molar-refractivity contribution in [2.45, 2.75) is 26.3 Å². The van der Waals surface area contributed by atoms with Crippen LogP contribution in [0.15, 0.2) is 18.2 Å². The Kier molecular flexibility index (Phi) is 6.94. The molecule has 1 aliphatic rings. The lowest BCUT2D eigenvalue weighted by Gasteiger charge is -2.34. The predicted octanol–water partition coefficient (Wildman–Crippen LogP) is 2.68. The summed E-state index contributed by atoms with van der Waals surface area (Å²) in [6, 6.07) is 5.73. The molecule has 1 heterocycles. The van der Waals surface area contributed by atoms with Gasteiger partial charge < -0.3 is 11.1 Å². The summed E-state index contributed by atoms with van der Waals surface area (Å²) in [5.74, 6) is 0.451. The summed E-state index contributed by atoms with van der Waals surface area (Å²) in [4.78, 5) is 14.3. The number of carbonyl (C=O) groups excluding carboxylic acids is 1. The zero-order chi connectivity index (χ0) is 14.7. The first-order valence-corrected chi connectivity index (χ1v) is 7.37. The van der Waals surface area contributed by atoms with E-state index in [0.29, 0.717) is 17.5 Å². The standard InChI is InChI=1S/C15H22ClN3O.ClH/c1-10-7-12(16)3-4-14(10)18-15(20)9-19-6-5-13(17)11(2)8-19;/h3-4,7,11,13H,5-6,8-9,17H2,1-2H3,(H,18,20);1H. The number of piperidine rings is 1. The highest BCUT2D eigenvalue weighted by molar-refractivity contribution is 6.30. The van der Waals surface area contributed by atoms with Gasteiger partial charge in [-0.15, -0.1) is 12.4 Å². The molecule has 2 atom stereocenters. The number of halogens is 2. The van der Waals surface area contributed by atoms with Crippen molar-refractivity contribution in [1.29, 1.82) is 0 Å². The van der Waals surface area contributed by atoms with Gasteiger partial charge in [-0.05, 0) is 43.0 Å². The molecule has 1 saturated heterocycles. The summed E-state index contributed by atoms with van der Waals surface area (Å²) < 4.78 is 0. The van der Waals surface area contributed by atoms with Gasteiger partial charge in [0.25, 0.3) is 0 Å². The number of amides is 1. The van der Waals surface area contributed by atoms with Gasteiger partial charge in [0.05, 0.1) is 6.54 Å². The van der Waals surface area contributed by atoms with Gasteiger partial charge in [-0.2, -0.15) is 0 Å². The first-order chi connectivity index (χ1) is 9.45. The normalized spacial score (nSPS) is 22.5. The van der Waals surface area contributed by atoms with Crippen LogP contribution in [0, 0.1) is 12.8 Å². The molecular weight excluding hydrogens is 309 g/mol. The molecule has 0 radical (unpaired) electrons. The molecule has 0 aromatic heterocycles. The van der Waals surface area contributed by atoms with Gasteiger partial charge in [0.2, 0.25) is 5.91 Å². The van der Waals surface area contributed by atoms with Crippen LogP contribution in [-0.2, 0) is 4.79 Å². The van der Waals surface area contributed by atoms with Crippen LogP contribution in [0.3, 0.4) is 0 Å². The second-order valence-corrected chi connectivity index (χ2v) is 6.11. The molecule has 0 spiro atoms. The zero-order valence-electron chi connectivity index (χ0n) is 12.4. The summed E-state index contributed by atoms with van der Waals surface area (Å²) >= 11 is 5.91. The molecular formula is C15H23Cl2N3O. The number of hydrogen-bond donors (Lipinski definition) is 2. The van der Waals surface area contributed by atoms with Gasteiger partial charge in [-0.25, -0.2) is 0 Å². The van der Waals surface area contributed by atoms with Gasteiger partial charge >= 0.3 is 0 Å². The number of benzene rings is 1. The van der Waals surface area contributed by atoms with Crippen molar-refractivity contribution in [3.63, 3.8) is 0 Å². The van der Waals surface area contributed by atoms with Crippen molar-refractivity contribution in [3.8, 4) is 0 Å². The van der Waals surface area contributed by atoms with Gasteiger partial charge in [-0.3, -0.25) is 9.69 Å². The molecule has 6 heteroatoms. The van der Waals surface area contributed by atoms with Gasteiger partial charge in [0, 0.05) is 29.8 Å². The number of nitrogens with one attached hydrogen (secondary N) is 1. The molecule has 0 saturated carbocycles. The predicted molar refractivity (Wildman–Crippen MR) is 90.3 cm³/mol. The summed E-state index contributed by atoms with van der Waals surface area (Å²) in [5.41, 5.74) is 7.78. The highest BCUT2D eigenvalue weighted by atomic mass is 35.5. The number of carbonyl (C=O) groups is 1. The maximum atomic E-state index is 12.1. The fourth-order valence-corrected chi connectivity index (χ4v) is 2.78. The molecule has 3 N–H and O–H groups in total. The van der Waals surface area contributed by atoms with E-state index in [1.54, 1.807) is 6.07 Å². The zero-order valence-corrected chi connectivity index (χ0v) is 14.0. The molecule has 1 amide bonds. The van der Waals surface area contributed by atoms with Gasteiger partial charge in [0.1, 0.15) is 0 Å². The number of anilines is 1. The van der Waals surface area contributed by atoms with Crippen LogP contribution in [0.2, 0.25) is 5.02 Å². The Morgan fingerprint density at radius 1 is 1.52 bits per heavy atom. The SMILES string of the molecule is Cc1cc(Cl)ccc1NC(=O)CN1CCC(N)C(C)C1.Cl. The maximum absolute atomic E-state index is 12.1. The first kappa shape index (κ1) is 18.2.